The van der Waals surface area contributed by atoms with Crippen molar-refractivity contribution in [2.75, 3.05) is 49.7 Å². The summed E-state index contributed by atoms with van der Waals surface area (Å²) in [6, 6.07) is 1.63. The Bertz CT molecular complexity index is 1330. The highest BCUT2D eigenvalue weighted by molar-refractivity contribution is 7.99. The number of aryl methyl sites for hydroxylation is 1. The van der Waals surface area contributed by atoms with Crippen LogP contribution in [0.15, 0.2) is 22.2 Å². The zero-order chi connectivity index (χ0) is 31.0. The maximum absolute atomic E-state index is 12.6. The van der Waals surface area contributed by atoms with Gasteiger partial charge >= 0.3 is 6.09 Å². The molecular formula is C29H41ClN6O6S. The fraction of sp³-hybridized carbons (Fsp3) is 0.655. The van der Waals surface area contributed by atoms with E-state index in [9.17, 15) is 15.0 Å². The largest absolute Gasteiger partial charge is 0.444 e. The first-order valence-electron chi connectivity index (χ1n) is 14.5. The summed E-state index contributed by atoms with van der Waals surface area (Å²) in [6.07, 6.45) is 2.64. The maximum Gasteiger partial charge on any atom is 0.407 e. The molecule has 1 amide bonds. The number of ether oxygens (including phenoxy) is 3. The summed E-state index contributed by atoms with van der Waals surface area (Å²) in [4.78, 5) is 29.5. The molecule has 0 bridgehead atoms. The SMILES string of the molecule is Cc1nc(N2CCC3(CC2)CO[C@@H](C)[C@H]3NC(=O)OC(C)(C)C)c(CO)nc1Sc1ccnc(NCC2(O)COC2)c1Cl. The number of hydrogen-bond acceptors (Lipinski definition) is 12. The standard InChI is InChI=1S/C29H41ClN6O6S/c1-17-25(43-20-6-9-31-23(21(20)30)32-13-29(39)15-40-16-29)34-19(12-37)24(33-17)36-10-7-28(8-11-36)14-41-18(2)22(28)35-26(38)42-27(3,4)5/h6,9,18,22,37,39H,7-8,10-16H2,1-5H3,(H,31,32)(H,35,38)/t18-,22+/m0/s1. The summed E-state index contributed by atoms with van der Waals surface area (Å²) in [6.45, 7) is 11.9. The van der Waals surface area contributed by atoms with Crippen molar-refractivity contribution in [3.63, 3.8) is 0 Å². The number of anilines is 2. The minimum absolute atomic E-state index is 0.127. The zero-order valence-electron chi connectivity index (χ0n) is 25.3. The monoisotopic (exact) mass is 636 g/mol. The number of alkyl carbamates (subject to hydrolysis) is 1. The number of hydrogen-bond donors (Lipinski definition) is 4. The highest BCUT2D eigenvalue weighted by Gasteiger charge is 2.50. The molecule has 0 unspecified atom stereocenters. The molecule has 14 heteroatoms. The number of pyridine rings is 1. The van der Waals surface area contributed by atoms with Crippen LogP contribution in [0, 0.1) is 12.3 Å². The number of halogens is 1. The molecule has 0 aliphatic carbocycles. The summed E-state index contributed by atoms with van der Waals surface area (Å²) < 4.78 is 16.6. The Labute approximate surface area is 261 Å². The van der Waals surface area contributed by atoms with Gasteiger partial charge in [-0.3, -0.25) is 0 Å². The van der Waals surface area contributed by atoms with Crippen molar-refractivity contribution in [1.82, 2.24) is 20.3 Å². The second-order valence-electron chi connectivity index (χ2n) is 12.7. The van der Waals surface area contributed by atoms with Gasteiger partial charge in [-0.05, 0) is 53.5 Å². The van der Waals surface area contributed by atoms with E-state index < -0.39 is 17.3 Å². The van der Waals surface area contributed by atoms with E-state index >= 15 is 0 Å². The summed E-state index contributed by atoms with van der Waals surface area (Å²) in [7, 11) is 0. The molecule has 0 aromatic carbocycles. The lowest BCUT2D eigenvalue weighted by Crippen LogP contribution is -2.55. The van der Waals surface area contributed by atoms with Gasteiger partial charge in [-0.25, -0.2) is 19.7 Å². The highest BCUT2D eigenvalue weighted by atomic mass is 35.5. The van der Waals surface area contributed by atoms with Crippen molar-refractivity contribution in [1.29, 1.82) is 0 Å². The van der Waals surface area contributed by atoms with Gasteiger partial charge in [0.25, 0.3) is 0 Å². The summed E-state index contributed by atoms with van der Waals surface area (Å²) >= 11 is 8.01. The van der Waals surface area contributed by atoms with Crippen LogP contribution in [0.25, 0.3) is 0 Å². The number of carbonyl (C=O) groups excluding carboxylic acids is 1. The van der Waals surface area contributed by atoms with Crippen LogP contribution in [0.2, 0.25) is 5.02 Å². The normalized spacial score (nSPS) is 22.7. The van der Waals surface area contributed by atoms with Gasteiger partial charge in [0, 0.05) is 36.1 Å². The predicted molar refractivity (Wildman–Crippen MR) is 163 cm³/mol. The van der Waals surface area contributed by atoms with Crippen LogP contribution < -0.4 is 15.5 Å². The molecule has 5 rings (SSSR count). The van der Waals surface area contributed by atoms with Crippen LogP contribution in [-0.4, -0.2) is 94.1 Å². The van der Waals surface area contributed by atoms with E-state index in [-0.39, 0.29) is 43.9 Å². The quantitative estimate of drug-likeness (QED) is 0.335. The smallest absolute Gasteiger partial charge is 0.407 e. The molecule has 0 saturated carbocycles. The molecule has 236 valence electrons. The molecule has 5 heterocycles. The van der Waals surface area contributed by atoms with Crippen LogP contribution >= 0.6 is 23.4 Å². The van der Waals surface area contributed by atoms with E-state index in [0.717, 1.165) is 17.7 Å². The number of aliphatic hydroxyl groups excluding tert-OH is 1. The second kappa shape index (κ2) is 12.5. The first-order chi connectivity index (χ1) is 20.3. The second-order valence-corrected chi connectivity index (χ2v) is 14.1. The van der Waals surface area contributed by atoms with Gasteiger partial charge in [-0.1, -0.05) is 23.4 Å². The van der Waals surface area contributed by atoms with Gasteiger partial charge in [0.2, 0.25) is 0 Å². The average Bonchev–Trinajstić information content (AvgIpc) is 3.22. The number of aromatic nitrogens is 3. The number of rotatable bonds is 8. The molecular weight excluding hydrogens is 596 g/mol. The van der Waals surface area contributed by atoms with Crippen molar-refractivity contribution >= 4 is 41.1 Å². The fourth-order valence-corrected chi connectivity index (χ4v) is 6.87. The van der Waals surface area contributed by atoms with Gasteiger partial charge in [-0.15, -0.1) is 0 Å². The predicted octanol–water partition coefficient (Wildman–Crippen LogP) is 3.55. The third-order valence-corrected chi connectivity index (χ3v) is 9.74. The Morgan fingerprint density at radius 3 is 2.60 bits per heavy atom. The maximum atomic E-state index is 12.6. The molecule has 43 heavy (non-hydrogen) atoms. The molecule has 2 aromatic heterocycles. The average molecular weight is 637 g/mol. The van der Waals surface area contributed by atoms with E-state index in [4.69, 9.17) is 35.8 Å². The zero-order valence-corrected chi connectivity index (χ0v) is 26.8. The Kier molecular flexibility index (Phi) is 9.32. The number of amides is 1. The number of carbonyl (C=O) groups is 1. The number of piperidine rings is 1. The van der Waals surface area contributed by atoms with Crippen LogP contribution in [0.5, 0.6) is 0 Å². The van der Waals surface area contributed by atoms with Crippen LogP contribution in [0.1, 0.15) is 51.9 Å². The fourth-order valence-electron chi connectivity index (χ4n) is 5.71. The molecule has 12 nitrogen and oxygen atoms in total. The Morgan fingerprint density at radius 2 is 1.98 bits per heavy atom. The van der Waals surface area contributed by atoms with E-state index in [1.165, 1.54) is 11.8 Å². The van der Waals surface area contributed by atoms with E-state index in [1.54, 1.807) is 12.3 Å². The van der Waals surface area contributed by atoms with Crippen LogP contribution in [-0.2, 0) is 20.8 Å². The molecule has 3 aliphatic heterocycles. The van der Waals surface area contributed by atoms with E-state index in [0.29, 0.717) is 52.8 Å². The van der Waals surface area contributed by atoms with E-state index in [2.05, 4.69) is 20.5 Å². The van der Waals surface area contributed by atoms with Crippen molar-refractivity contribution < 1.29 is 29.2 Å². The van der Waals surface area contributed by atoms with Crippen molar-refractivity contribution in [3.05, 3.63) is 28.7 Å². The first-order valence-corrected chi connectivity index (χ1v) is 15.7. The summed E-state index contributed by atoms with van der Waals surface area (Å²) in [5.74, 6) is 1.12. The number of nitrogens with one attached hydrogen (secondary N) is 2. The van der Waals surface area contributed by atoms with Crippen molar-refractivity contribution in [2.45, 2.75) is 87.3 Å². The van der Waals surface area contributed by atoms with Crippen molar-refractivity contribution in [2.24, 2.45) is 5.41 Å². The van der Waals surface area contributed by atoms with Crippen LogP contribution in [0.3, 0.4) is 0 Å². The molecule has 1 spiro atoms. The summed E-state index contributed by atoms with van der Waals surface area (Å²) in [5.41, 5.74) is -0.520. The molecule has 3 fully saturated rings. The molecule has 3 saturated heterocycles. The first kappa shape index (κ1) is 32.0. The Balaban J connectivity index is 1.27. The lowest BCUT2D eigenvalue weighted by Gasteiger charge is -2.43. The molecule has 2 atom stereocenters. The minimum Gasteiger partial charge on any atom is -0.444 e. The van der Waals surface area contributed by atoms with Gasteiger partial charge in [0.15, 0.2) is 5.82 Å². The summed E-state index contributed by atoms with van der Waals surface area (Å²) in [5, 5.41) is 27.8. The lowest BCUT2D eigenvalue weighted by atomic mass is 9.73. The third kappa shape index (κ3) is 7.12. The van der Waals surface area contributed by atoms with E-state index in [1.807, 2.05) is 34.6 Å². The van der Waals surface area contributed by atoms with Crippen molar-refractivity contribution in [3.8, 4) is 0 Å². The molecule has 0 radical (unpaired) electrons. The van der Waals surface area contributed by atoms with Gasteiger partial charge in [0.05, 0.1) is 49.3 Å². The highest BCUT2D eigenvalue weighted by Crippen LogP contribution is 2.44. The number of aliphatic hydroxyl groups is 2. The molecule has 3 aliphatic rings. The van der Waals surface area contributed by atoms with Gasteiger partial charge < -0.3 is 40.0 Å². The molecule has 4 N–H and O–H groups in total. The van der Waals surface area contributed by atoms with Crippen LogP contribution in [0.4, 0.5) is 16.4 Å². The van der Waals surface area contributed by atoms with Gasteiger partial charge in [-0.2, -0.15) is 0 Å². The lowest BCUT2D eigenvalue weighted by molar-refractivity contribution is -0.168. The number of nitrogens with zero attached hydrogens (tertiary/aromatic N) is 4. The third-order valence-electron chi connectivity index (χ3n) is 8.11. The topological polar surface area (TPSA) is 151 Å². The molecule has 2 aromatic rings. The Morgan fingerprint density at radius 1 is 1.26 bits per heavy atom. The minimum atomic E-state index is -0.922. The Hall–Kier alpha value is -2.42. The van der Waals surface area contributed by atoms with Gasteiger partial charge in [0.1, 0.15) is 27.7 Å².